The Morgan fingerprint density at radius 2 is 1.67 bits per heavy atom. The summed E-state index contributed by atoms with van der Waals surface area (Å²) in [5.41, 5.74) is 12.5. The van der Waals surface area contributed by atoms with Crippen molar-refractivity contribution in [2.45, 2.75) is 13.8 Å². The highest BCUT2D eigenvalue weighted by atomic mass is 16.2. The number of carbonyl (C=O) groups excluding carboxylic acids is 2. The number of nitrogens with zero attached hydrogens (tertiary/aromatic N) is 4. The Hall–Kier alpha value is -4.46. The molecule has 1 aliphatic heterocycles. The Bertz CT molecular complexity index is 1500. The Morgan fingerprint density at radius 1 is 1.03 bits per heavy atom. The van der Waals surface area contributed by atoms with Crippen molar-refractivity contribution in [2.24, 2.45) is 13.0 Å². The van der Waals surface area contributed by atoms with Gasteiger partial charge in [0, 0.05) is 42.5 Å². The van der Waals surface area contributed by atoms with Crippen LogP contribution in [0.4, 0.5) is 11.5 Å². The normalized spacial score (nSPS) is 13.5. The van der Waals surface area contributed by atoms with Gasteiger partial charge in [0.1, 0.15) is 17.8 Å². The third kappa shape index (κ3) is 4.00. The average Bonchev–Trinajstić information content (AvgIpc) is 3.15. The SMILES string of the molecule is C=C(C)C(=O)Nc1ccc(-c2c(-c3ccc(C(=O)N4CC(C)C4)cc3)c3c(N)ncnc3n2C)cc1. The highest BCUT2D eigenvalue weighted by Crippen LogP contribution is 2.41. The molecule has 3 heterocycles. The molecule has 8 heteroatoms. The number of carbonyl (C=O) groups is 2. The summed E-state index contributed by atoms with van der Waals surface area (Å²) in [6.07, 6.45) is 1.46. The highest BCUT2D eigenvalue weighted by molar-refractivity contribution is 6.08. The van der Waals surface area contributed by atoms with Gasteiger partial charge in [0.25, 0.3) is 11.8 Å². The number of rotatable bonds is 5. The molecule has 3 N–H and O–H groups in total. The molecular formula is C28H28N6O2. The second-order valence-corrected chi connectivity index (χ2v) is 9.44. The number of benzene rings is 2. The molecule has 2 aromatic heterocycles. The average molecular weight is 481 g/mol. The van der Waals surface area contributed by atoms with Crippen LogP contribution in [0.3, 0.4) is 0 Å². The van der Waals surface area contributed by atoms with E-state index in [9.17, 15) is 9.59 Å². The number of amides is 2. The summed E-state index contributed by atoms with van der Waals surface area (Å²) < 4.78 is 1.99. The van der Waals surface area contributed by atoms with E-state index in [1.165, 1.54) is 6.33 Å². The van der Waals surface area contributed by atoms with Gasteiger partial charge in [-0.25, -0.2) is 9.97 Å². The number of hydrogen-bond donors (Lipinski definition) is 2. The van der Waals surface area contributed by atoms with Crippen LogP contribution in [-0.4, -0.2) is 44.3 Å². The minimum atomic E-state index is -0.224. The summed E-state index contributed by atoms with van der Waals surface area (Å²) >= 11 is 0. The van der Waals surface area contributed by atoms with Crippen LogP contribution in [-0.2, 0) is 11.8 Å². The lowest BCUT2D eigenvalue weighted by Gasteiger charge is -2.37. The predicted molar refractivity (Wildman–Crippen MR) is 142 cm³/mol. The second-order valence-electron chi connectivity index (χ2n) is 9.44. The molecule has 0 radical (unpaired) electrons. The Kier molecular flexibility index (Phi) is 5.80. The van der Waals surface area contributed by atoms with E-state index in [0.717, 1.165) is 40.9 Å². The zero-order valence-electron chi connectivity index (χ0n) is 20.6. The van der Waals surface area contributed by atoms with E-state index in [2.05, 4.69) is 28.8 Å². The maximum Gasteiger partial charge on any atom is 0.253 e. The van der Waals surface area contributed by atoms with E-state index in [0.29, 0.717) is 34.2 Å². The summed E-state index contributed by atoms with van der Waals surface area (Å²) in [5.74, 6) is 0.762. The molecule has 0 atom stereocenters. The van der Waals surface area contributed by atoms with Crippen LogP contribution in [0.15, 0.2) is 67.0 Å². The molecule has 1 saturated heterocycles. The molecule has 182 valence electrons. The molecular weight excluding hydrogens is 452 g/mol. The van der Waals surface area contributed by atoms with Crippen LogP contribution in [0.5, 0.6) is 0 Å². The molecule has 0 aliphatic carbocycles. The lowest BCUT2D eigenvalue weighted by Crippen LogP contribution is -2.48. The summed E-state index contributed by atoms with van der Waals surface area (Å²) in [6.45, 7) is 9.08. The van der Waals surface area contributed by atoms with Crippen molar-refractivity contribution in [3.05, 3.63) is 72.6 Å². The first-order chi connectivity index (χ1) is 17.2. The van der Waals surface area contributed by atoms with Gasteiger partial charge in [-0.05, 0) is 48.2 Å². The molecule has 8 nitrogen and oxygen atoms in total. The molecule has 0 saturated carbocycles. The number of likely N-dealkylation sites (tertiary alicyclic amines) is 1. The number of anilines is 2. The molecule has 0 spiro atoms. The number of aryl methyl sites for hydroxylation is 1. The van der Waals surface area contributed by atoms with E-state index in [1.54, 1.807) is 6.92 Å². The second kappa shape index (κ2) is 8.96. The van der Waals surface area contributed by atoms with Gasteiger partial charge in [0.15, 0.2) is 0 Å². The third-order valence-corrected chi connectivity index (χ3v) is 6.57. The molecule has 36 heavy (non-hydrogen) atoms. The molecule has 1 fully saturated rings. The monoisotopic (exact) mass is 480 g/mol. The summed E-state index contributed by atoms with van der Waals surface area (Å²) in [4.78, 5) is 35.4. The molecule has 4 aromatic rings. The van der Waals surface area contributed by atoms with E-state index in [-0.39, 0.29) is 11.8 Å². The van der Waals surface area contributed by atoms with Crippen molar-refractivity contribution in [2.75, 3.05) is 24.1 Å². The number of aromatic nitrogens is 3. The molecule has 2 amide bonds. The van der Waals surface area contributed by atoms with Crippen LogP contribution in [0, 0.1) is 5.92 Å². The van der Waals surface area contributed by atoms with Gasteiger partial charge in [-0.1, -0.05) is 37.8 Å². The van der Waals surface area contributed by atoms with E-state index in [1.807, 2.05) is 65.0 Å². The summed E-state index contributed by atoms with van der Waals surface area (Å²) in [7, 11) is 1.94. The fourth-order valence-corrected chi connectivity index (χ4v) is 4.67. The van der Waals surface area contributed by atoms with Gasteiger partial charge in [-0.3, -0.25) is 9.59 Å². The van der Waals surface area contributed by atoms with E-state index >= 15 is 0 Å². The van der Waals surface area contributed by atoms with Crippen LogP contribution in [0.25, 0.3) is 33.4 Å². The van der Waals surface area contributed by atoms with Crippen molar-refractivity contribution < 1.29 is 9.59 Å². The molecule has 1 aliphatic rings. The first kappa shape index (κ1) is 23.3. The molecule has 0 bridgehead atoms. The maximum absolute atomic E-state index is 12.8. The standard InChI is InChI=1S/C28H28N6O2/c1-16(2)27(35)32-21-11-9-19(10-12-21)24-22(23-25(29)30-15-31-26(23)33(24)4)18-5-7-20(8-6-18)28(36)34-13-17(3)14-34/h5-12,15,17H,1,13-14H2,2-4H3,(H,32,35)(H2,29,30,31). The number of fused-ring (bicyclic) bond motifs is 1. The van der Waals surface area contributed by atoms with Crippen LogP contribution in [0.2, 0.25) is 0 Å². The molecule has 5 rings (SSSR count). The number of hydrogen-bond acceptors (Lipinski definition) is 5. The summed E-state index contributed by atoms with van der Waals surface area (Å²) in [6, 6.07) is 15.2. The van der Waals surface area contributed by atoms with Crippen molar-refractivity contribution >= 4 is 34.4 Å². The number of nitrogens with one attached hydrogen (secondary N) is 1. The fourth-order valence-electron chi connectivity index (χ4n) is 4.67. The van der Waals surface area contributed by atoms with Gasteiger partial charge in [0.2, 0.25) is 0 Å². The summed E-state index contributed by atoms with van der Waals surface area (Å²) in [5, 5.41) is 3.59. The van der Waals surface area contributed by atoms with Crippen molar-refractivity contribution in [3.8, 4) is 22.4 Å². The Balaban J connectivity index is 1.58. The third-order valence-electron chi connectivity index (χ3n) is 6.57. The van der Waals surface area contributed by atoms with Gasteiger partial charge >= 0.3 is 0 Å². The zero-order valence-corrected chi connectivity index (χ0v) is 20.6. The number of nitrogens with two attached hydrogens (primary N) is 1. The largest absolute Gasteiger partial charge is 0.383 e. The van der Waals surface area contributed by atoms with Gasteiger partial charge in [-0.2, -0.15) is 0 Å². The van der Waals surface area contributed by atoms with Gasteiger partial charge in [-0.15, -0.1) is 0 Å². The van der Waals surface area contributed by atoms with Crippen molar-refractivity contribution in [1.82, 2.24) is 19.4 Å². The van der Waals surface area contributed by atoms with Gasteiger partial charge in [0.05, 0.1) is 11.1 Å². The minimum absolute atomic E-state index is 0.0491. The minimum Gasteiger partial charge on any atom is -0.383 e. The van der Waals surface area contributed by atoms with Crippen LogP contribution >= 0.6 is 0 Å². The Labute approximate surface area is 209 Å². The lowest BCUT2D eigenvalue weighted by molar-refractivity contribution is -0.112. The van der Waals surface area contributed by atoms with Gasteiger partial charge < -0.3 is 20.5 Å². The van der Waals surface area contributed by atoms with Crippen molar-refractivity contribution in [3.63, 3.8) is 0 Å². The Morgan fingerprint density at radius 3 is 2.28 bits per heavy atom. The van der Waals surface area contributed by atoms with Crippen molar-refractivity contribution in [1.29, 1.82) is 0 Å². The molecule has 2 aromatic carbocycles. The fraction of sp³-hybridized carbons (Fsp3) is 0.214. The van der Waals surface area contributed by atoms with E-state index < -0.39 is 0 Å². The smallest absolute Gasteiger partial charge is 0.253 e. The topological polar surface area (TPSA) is 106 Å². The maximum atomic E-state index is 12.8. The lowest BCUT2D eigenvalue weighted by atomic mass is 9.96. The zero-order chi connectivity index (χ0) is 25.6. The first-order valence-electron chi connectivity index (χ1n) is 11.8. The van der Waals surface area contributed by atoms with E-state index in [4.69, 9.17) is 5.73 Å². The highest BCUT2D eigenvalue weighted by Gasteiger charge is 2.28. The quantitative estimate of drug-likeness (QED) is 0.410. The van der Waals surface area contributed by atoms with Crippen LogP contribution < -0.4 is 11.1 Å². The van der Waals surface area contributed by atoms with Crippen LogP contribution in [0.1, 0.15) is 24.2 Å². The molecule has 0 unspecified atom stereocenters. The first-order valence-corrected chi connectivity index (χ1v) is 11.8. The predicted octanol–water partition coefficient (Wildman–Crippen LogP) is 4.49. The number of nitrogen functional groups attached to an aromatic ring is 1.